The van der Waals surface area contributed by atoms with Crippen LogP contribution in [0, 0.1) is 12.8 Å². The van der Waals surface area contributed by atoms with Gasteiger partial charge in [-0.25, -0.2) is 4.98 Å². The highest BCUT2D eigenvalue weighted by Crippen LogP contribution is 2.21. The number of para-hydroxylation sites is 1. The van der Waals surface area contributed by atoms with Crippen LogP contribution in [0.4, 0.5) is 11.5 Å². The van der Waals surface area contributed by atoms with Crippen LogP contribution in [0.3, 0.4) is 0 Å². The molecule has 2 aromatic carbocycles. The molecule has 1 atom stereocenters. The highest BCUT2D eigenvalue weighted by molar-refractivity contribution is 7.80. The van der Waals surface area contributed by atoms with Gasteiger partial charge in [0, 0.05) is 11.6 Å². The molecule has 1 aliphatic rings. The summed E-state index contributed by atoms with van der Waals surface area (Å²) in [5.41, 5.74) is 5.23. The van der Waals surface area contributed by atoms with Crippen LogP contribution in [-0.4, -0.2) is 28.1 Å². The van der Waals surface area contributed by atoms with Gasteiger partial charge in [-0.3, -0.25) is 19.9 Å². The van der Waals surface area contributed by atoms with Gasteiger partial charge in [0.1, 0.15) is 5.82 Å². The third kappa shape index (κ3) is 3.83. The Morgan fingerprint density at radius 2 is 1.86 bits per heavy atom. The zero-order chi connectivity index (χ0) is 20.4. The Bertz CT molecular complexity index is 1140. The predicted octanol–water partition coefficient (Wildman–Crippen LogP) is 3.01. The third-order valence-corrected chi connectivity index (χ3v) is 4.78. The molecule has 29 heavy (non-hydrogen) atoms. The van der Waals surface area contributed by atoms with E-state index < -0.39 is 17.7 Å². The van der Waals surface area contributed by atoms with Crippen molar-refractivity contribution in [2.45, 2.75) is 6.92 Å². The number of hydrazone groups is 1. The predicted molar refractivity (Wildman–Crippen MR) is 117 cm³/mol. The number of benzene rings is 2. The van der Waals surface area contributed by atoms with Gasteiger partial charge in [-0.15, -0.1) is 0 Å². The van der Waals surface area contributed by atoms with Crippen LogP contribution in [0.2, 0.25) is 0 Å². The van der Waals surface area contributed by atoms with Crippen molar-refractivity contribution in [2.75, 3.05) is 10.3 Å². The zero-order valence-electron chi connectivity index (χ0n) is 15.5. The lowest BCUT2D eigenvalue weighted by molar-refractivity contribution is -0.130. The number of carbonyl (C=O) groups is 2. The van der Waals surface area contributed by atoms with Gasteiger partial charge in [-0.05, 0) is 49.5 Å². The van der Waals surface area contributed by atoms with E-state index >= 15 is 0 Å². The number of hydrogen-bond acceptors (Lipinski definition) is 6. The molecule has 4 rings (SSSR count). The molecule has 0 bridgehead atoms. The number of fused-ring (bicyclic) bond motifs is 1. The molecule has 0 unspecified atom stereocenters. The van der Waals surface area contributed by atoms with Crippen LogP contribution in [-0.2, 0) is 9.59 Å². The Balaban J connectivity index is 1.53. The summed E-state index contributed by atoms with van der Waals surface area (Å²) >= 11 is 5.19. The number of thiocarbonyl (C=S) groups is 1. The summed E-state index contributed by atoms with van der Waals surface area (Å²) in [6, 6.07) is 18.7. The Kier molecular flexibility index (Phi) is 5.01. The van der Waals surface area contributed by atoms with Crippen molar-refractivity contribution in [3.63, 3.8) is 0 Å². The van der Waals surface area contributed by atoms with Crippen molar-refractivity contribution in [2.24, 2.45) is 11.0 Å². The van der Waals surface area contributed by atoms with Gasteiger partial charge in [-0.2, -0.15) is 5.10 Å². The number of aryl methyl sites for hydroxylation is 1. The number of hydrogen-bond donors (Lipinski definition) is 2. The molecule has 8 heteroatoms. The molecule has 1 aliphatic heterocycles. The number of anilines is 2. The van der Waals surface area contributed by atoms with E-state index in [0.29, 0.717) is 11.5 Å². The van der Waals surface area contributed by atoms with Crippen LogP contribution < -0.4 is 15.6 Å². The maximum absolute atomic E-state index is 12.9. The number of aromatic nitrogens is 1. The van der Waals surface area contributed by atoms with Crippen LogP contribution in [0.15, 0.2) is 65.8 Å². The average molecular weight is 403 g/mol. The molecule has 0 aliphatic carbocycles. The largest absolute Gasteiger partial charge is 0.301 e. The van der Waals surface area contributed by atoms with Gasteiger partial charge in [0.2, 0.25) is 5.91 Å². The van der Waals surface area contributed by atoms with Crippen LogP contribution in [0.1, 0.15) is 5.56 Å². The number of pyridine rings is 1. The van der Waals surface area contributed by atoms with E-state index in [4.69, 9.17) is 12.2 Å². The number of carbonyl (C=O) groups excluding carboxylic acids is 2. The quantitative estimate of drug-likeness (QED) is 0.303. The van der Waals surface area contributed by atoms with Crippen LogP contribution >= 0.6 is 12.2 Å². The molecule has 3 aromatic rings. The smallest absolute Gasteiger partial charge is 0.251 e. The summed E-state index contributed by atoms with van der Waals surface area (Å²) in [5.74, 6) is -1.56. The lowest BCUT2D eigenvalue weighted by Crippen LogP contribution is -2.58. The van der Waals surface area contributed by atoms with E-state index in [1.54, 1.807) is 18.2 Å². The molecule has 2 heterocycles. The molecule has 1 fully saturated rings. The molecule has 7 nitrogen and oxygen atoms in total. The SMILES string of the molecule is Cc1ccc(N2C(=O)[C@@H](/C=N/Nc3ccc4ccccc4n3)C(=O)NC2=S)cc1. The summed E-state index contributed by atoms with van der Waals surface area (Å²) in [6.07, 6.45) is 1.26. The lowest BCUT2D eigenvalue weighted by atomic mass is 10.1. The lowest BCUT2D eigenvalue weighted by Gasteiger charge is -2.30. The maximum Gasteiger partial charge on any atom is 0.251 e. The molecule has 0 saturated carbocycles. The molecule has 1 saturated heterocycles. The Morgan fingerprint density at radius 1 is 1.10 bits per heavy atom. The molecule has 2 amide bonds. The van der Waals surface area contributed by atoms with Crippen molar-refractivity contribution < 1.29 is 9.59 Å². The van der Waals surface area contributed by atoms with Gasteiger partial charge >= 0.3 is 0 Å². The first-order chi connectivity index (χ1) is 14.0. The minimum absolute atomic E-state index is 0.0534. The van der Waals surface area contributed by atoms with E-state index in [2.05, 4.69) is 20.8 Å². The highest BCUT2D eigenvalue weighted by Gasteiger charge is 2.38. The van der Waals surface area contributed by atoms with E-state index in [1.807, 2.05) is 49.4 Å². The second kappa shape index (κ2) is 7.76. The Hall–Kier alpha value is -3.65. The number of amides is 2. The van der Waals surface area contributed by atoms with Crippen molar-refractivity contribution in [3.8, 4) is 0 Å². The van der Waals surface area contributed by atoms with Gasteiger partial charge < -0.3 is 5.32 Å². The van der Waals surface area contributed by atoms with Crippen molar-refractivity contribution in [1.82, 2.24) is 10.3 Å². The second-order valence-electron chi connectivity index (χ2n) is 6.56. The summed E-state index contributed by atoms with van der Waals surface area (Å²) in [7, 11) is 0. The molecule has 0 radical (unpaired) electrons. The molecular formula is C21H17N5O2S. The fourth-order valence-electron chi connectivity index (χ4n) is 2.97. The standard InChI is InChI=1S/C21H17N5O2S/c1-13-6-9-15(10-7-13)26-20(28)16(19(27)24-21(26)29)12-22-25-18-11-8-14-4-2-3-5-17(14)23-18/h2-12,16H,1H3,(H,23,25)(H,24,27,29)/b22-12+/t16-/m0/s1. The summed E-state index contributed by atoms with van der Waals surface area (Å²) in [6.45, 7) is 1.95. The first-order valence-electron chi connectivity index (χ1n) is 8.93. The van der Waals surface area contributed by atoms with Crippen LogP contribution in [0.5, 0.6) is 0 Å². The van der Waals surface area contributed by atoms with E-state index in [0.717, 1.165) is 16.5 Å². The van der Waals surface area contributed by atoms with Crippen molar-refractivity contribution >= 4 is 57.8 Å². The summed E-state index contributed by atoms with van der Waals surface area (Å²) in [4.78, 5) is 30.9. The zero-order valence-corrected chi connectivity index (χ0v) is 16.3. The molecule has 0 spiro atoms. The number of nitrogens with one attached hydrogen (secondary N) is 2. The van der Waals surface area contributed by atoms with Crippen molar-refractivity contribution in [3.05, 3.63) is 66.2 Å². The van der Waals surface area contributed by atoms with Gasteiger partial charge in [0.25, 0.3) is 5.91 Å². The van der Waals surface area contributed by atoms with Gasteiger partial charge in [-0.1, -0.05) is 35.9 Å². The first kappa shape index (κ1) is 18.7. The summed E-state index contributed by atoms with van der Waals surface area (Å²) in [5, 5.41) is 7.67. The average Bonchev–Trinajstić information content (AvgIpc) is 2.71. The fraction of sp³-hybridized carbons (Fsp3) is 0.0952. The van der Waals surface area contributed by atoms with Gasteiger partial charge in [0.15, 0.2) is 11.0 Å². The van der Waals surface area contributed by atoms with Crippen LogP contribution in [0.25, 0.3) is 10.9 Å². The molecule has 1 aromatic heterocycles. The fourth-order valence-corrected chi connectivity index (χ4v) is 3.26. The van der Waals surface area contributed by atoms with E-state index in [-0.39, 0.29) is 5.11 Å². The third-order valence-electron chi connectivity index (χ3n) is 4.50. The first-order valence-corrected chi connectivity index (χ1v) is 9.34. The van der Waals surface area contributed by atoms with E-state index in [9.17, 15) is 9.59 Å². The molecular weight excluding hydrogens is 386 g/mol. The summed E-state index contributed by atoms with van der Waals surface area (Å²) < 4.78 is 0. The maximum atomic E-state index is 12.9. The number of rotatable bonds is 4. The van der Waals surface area contributed by atoms with Gasteiger partial charge in [0.05, 0.1) is 11.2 Å². The normalized spacial score (nSPS) is 17.1. The van der Waals surface area contributed by atoms with Crippen molar-refractivity contribution in [1.29, 1.82) is 0 Å². The minimum atomic E-state index is -1.10. The Labute approximate surface area is 172 Å². The minimum Gasteiger partial charge on any atom is -0.301 e. The Morgan fingerprint density at radius 3 is 2.66 bits per heavy atom. The highest BCUT2D eigenvalue weighted by atomic mass is 32.1. The topological polar surface area (TPSA) is 86.7 Å². The van der Waals surface area contributed by atoms with E-state index in [1.165, 1.54) is 11.1 Å². The molecule has 2 N–H and O–H groups in total. The molecule has 144 valence electrons. The monoisotopic (exact) mass is 403 g/mol. The number of nitrogens with zero attached hydrogens (tertiary/aromatic N) is 3. The second-order valence-corrected chi connectivity index (χ2v) is 6.95.